The zero-order valence-electron chi connectivity index (χ0n) is 12.6. The standard InChI is InChI=1S/C17H21ClN2/c1-11(2)7-14-13(5-6-19)9-17(18)15(8-12(3)4)16(14)10-20/h9,11-12H,5,7-8H2,1-4H3. The first-order valence-electron chi connectivity index (χ1n) is 7.00. The molecule has 1 rings (SSSR count). The fourth-order valence-corrected chi connectivity index (χ4v) is 2.72. The molecule has 0 aliphatic carbocycles. The molecule has 0 spiro atoms. The average Bonchev–Trinajstić information content (AvgIpc) is 2.34. The van der Waals surface area contributed by atoms with Gasteiger partial charge in [-0.25, -0.2) is 0 Å². The van der Waals surface area contributed by atoms with Gasteiger partial charge in [-0.3, -0.25) is 0 Å². The van der Waals surface area contributed by atoms with Gasteiger partial charge in [0.05, 0.1) is 24.1 Å². The molecule has 2 nitrogen and oxygen atoms in total. The summed E-state index contributed by atoms with van der Waals surface area (Å²) in [7, 11) is 0. The number of hydrogen-bond acceptors (Lipinski definition) is 2. The van der Waals surface area contributed by atoms with Gasteiger partial charge in [-0.1, -0.05) is 39.3 Å². The zero-order chi connectivity index (χ0) is 15.3. The molecule has 0 unspecified atom stereocenters. The molecule has 0 atom stereocenters. The maximum atomic E-state index is 9.55. The van der Waals surface area contributed by atoms with Crippen molar-refractivity contribution in [2.75, 3.05) is 0 Å². The van der Waals surface area contributed by atoms with Crippen LogP contribution in [0.3, 0.4) is 0 Å². The van der Waals surface area contributed by atoms with Crippen LogP contribution in [0.5, 0.6) is 0 Å². The molecule has 0 bridgehead atoms. The highest BCUT2D eigenvalue weighted by molar-refractivity contribution is 6.31. The lowest BCUT2D eigenvalue weighted by atomic mass is 9.87. The highest BCUT2D eigenvalue weighted by Gasteiger charge is 2.18. The second-order valence-electron chi connectivity index (χ2n) is 5.99. The van der Waals surface area contributed by atoms with E-state index in [1.54, 1.807) is 0 Å². The van der Waals surface area contributed by atoms with Crippen molar-refractivity contribution in [2.24, 2.45) is 11.8 Å². The molecule has 106 valence electrons. The third kappa shape index (κ3) is 3.99. The summed E-state index contributed by atoms with van der Waals surface area (Å²) in [6.07, 6.45) is 1.90. The Hall–Kier alpha value is -1.51. The van der Waals surface area contributed by atoms with E-state index in [0.717, 1.165) is 29.5 Å². The SMILES string of the molecule is CC(C)Cc1c(Cl)cc(CC#N)c(CC(C)C)c1C#N. The lowest BCUT2D eigenvalue weighted by Gasteiger charge is -2.18. The van der Waals surface area contributed by atoms with Crippen LogP contribution in [0.2, 0.25) is 5.02 Å². The lowest BCUT2D eigenvalue weighted by Crippen LogP contribution is -2.08. The second-order valence-corrected chi connectivity index (χ2v) is 6.40. The number of benzene rings is 1. The summed E-state index contributed by atoms with van der Waals surface area (Å²) in [5, 5.41) is 19.1. The molecule has 0 heterocycles. The van der Waals surface area contributed by atoms with Crippen molar-refractivity contribution in [3.05, 3.63) is 33.3 Å². The van der Waals surface area contributed by atoms with E-state index in [1.165, 1.54) is 0 Å². The molecule has 0 saturated carbocycles. The highest BCUT2D eigenvalue weighted by Crippen LogP contribution is 2.30. The third-order valence-electron chi connectivity index (χ3n) is 3.19. The summed E-state index contributed by atoms with van der Waals surface area (Å²) in [5.74, 6) is 0.876. The molecule has 20 heavy (non-hydrogen) atoms. The van der Waals surface area contributed by atoms with Gasteiger partial charge in [0.25, 0.3) is 0 Å². The van der Waals surface area contributed by atoms with Crippen LogP contribution < -0.4 is 0 Å². The first-order valence-corrected chi connectivity index (χ1v) is 7.38. The van der Waals surface area contributed by atoms with Crippen LogP contribution in [0, 0.1) is 34.5 Å². The average molecular weight is 289 g/mol. The van der Waals surface area contributed by atoms with E-state index in [9.17, 15) is 5.26 Å². The molecule has 1 aromatic carbocycles. The summed E-state index contributed by atoms with van der Waals surface area (Å²) in [6.45, 7) is 8.47. The number of halogens is 1. The molecule has 0 fully saturated rings. The van der Waals surface area contributed by atoms with E-state index in [1.807, 2.05) is 6.07 Å². The van der Waals surface area contributed by atoms with Gasteiger partial charge in [0.1, 0.15) is 0 Å². The molecule has 0 aliphatic heterocycles. The molecule has 0 saturated heterocycles. The maximum Gasteiger partial charge on any atom is 0.0998 e. The number of rotatable bonds is 5. The summed E-state index contributed by atoms with van der Waals surface area (Å²) < 4.78 is 0. The molecule has 0 aliphatic rings. The van der Waals surface area contributed by atoms with Crippen LogP contribution in [0.4, 0.5) is 0 Å². The zero-order valence-corrected chi connectivity index (χ0v) is 13.4. The monoisotopic (exact) mass is 288 g/mol. The van der Waals surface area contributed by atoms with Gasteiger partial charge >= 0.3 is 0 Å². The van der Waals surface area contributed by atoms with Gasteiger partial charge in [0.2, 0.25) is 0 Å². The van der Waals surface area contributed by atoms with E-state index in [2.05, 4.69) is 39.8 Å². The number of nitrogens with zero attached hydrogens (tertiary/aromatic N) is 2. The molecule has 0 aromatic heterocycles. The Morgan fingerprint density at radius 2 is 1.60 bits per heavy atom. The van der Waals surface area contributed by atoms with Crippen LogP contribution in [-0.2, 0) is 19.3 Å². The van der Waals surface area contributed by atoms with Crippen LogP contribution in [-0.4, -0.2) is 0 Å². The van der Waals surface area contributed by atoms with Gasteiger partial charge < -0.3 is 0 Å². The van der Waals surface area contributed by atoms with Crippen molar-refractivity contribution < 1.29 is 0 Å². The molecule has 0 radical (unpaired) electrons. The van der Waals surface area contributed by atoms with Crippen molar-refractivity contribution >= 4 is 11.6 Å². The largest absolute Gasteiger partial charge is 0.198 e. The van der Waals surface area contributed by atoms with E-state index in [0.29, 0.717) is 28.8 Å². The van der Waals surface area contributed by atoms with Crippen molar-refractivity contribution in [3.8, 4) is 12.1 Å². The Morgan fingerprint density at radius 3 is 2.05 bits per heavy atom. The topological polar surface area (TPSA) is 47.6 Å². The fourth-order valence-electron chi connectivity index (χ4n) is 2.42. The summed E-state index contributed by atoms with van der Waals surface area (Å²) in [5.41, 5.74) is 3.52. The Balaban J connectivity index is 3.49. The van der Waals surface area contributed by atoms with Crippen LogP contribution >= 0.6 is 11.6 Å². The van der Waals surface area contributed by atoms with Gasteiger partial charge in [-0.2, -0.15) is 10.5 Å². The summed E-state index contributed by atoms with van der Waals surface area (Å²) in [6, 6.07) is 6.37. The predicted molar refractivity (Wildman–Crippen MR) is 82.6 cm³/mol. The minimum Gasteiger partial charge on any atom is -0.198 e. The lowest BCUT2D eigenvalue weighted by molar-refractivity contribution is 0.631. The van der Waals surface area contributed by atoms with Crippen LogP contribution in [0.1, 0.15) is 49.9 Å². The van der Waals surface area contributed by atoms with Crippen molar-refractivity contribution in [2.45, 2.75) is 47.0 Å². The van der Waals surface area contributed by atoms with Crippen molar-refractivity contribution in [3.63, 3.8) is 0 Å². The van der Waals surface area contributed by atoms with E-state index >= 15 is 0 Å². The molecule has 3 heteroatoms. The quantitative estimate of drug-likeness (QED) is 0.790. The van der Waals surface area contributed by atoms with Gasteiger partial charge in [-0.15, -0.1) is 0 Å². The second kappa shape index (κ2) is 7.32. The highest BCUT2D eigenvalue weighted by atomic mass is 35.5. The molecule has 0 N–H and O–H groups in total. The minimum atomic E-state index is 0.304. The van der Waals surface area contributed by atoms with E-state index in [-0.39, 0.29) is 0 Å². The summed E-state index contributed by atoms with van der Waals surface area (Å²) >= 11 is 6.34. The number of nitriles is 2. The Kier molecular flexibility index (Phi) is 6.05. The molecule has 1 aromatic rings. The van der Waals surface area contributed by atoms with Crippen molar-refractivity contribution in [1.82, 2.24) is 0 Å². The van der Waals surface area contributed by atoms with Gasteiger partial charge in [-0.05, 0) is 47.4 Å². The van der Waals surface area contributed by atoms with Crippen LogP contribution in [0.25, 0.3) is 0 Å². The van der Waals surface area contributed by atoms with E-state index < -0.39 is 0 Å². The van der Waals surface area contributed by atoms with Gasteiger partial charge in [0.15, 0.2) is 0 Å². The smallest absolute Gasteiger partial charge is 0.0998 e. The normalized spacial score (nSPS) is 10.7. The minimum absolute atomic E-state index is 0.304. The first kappa shape index (κ1) is 16.5. The summed E-state index contributed by atoms with van der Waals surface area (Å²) in [4.78, 5) is 0. The van der Waals surface area contributed by atoms with E-state index in [4.69, 9.17) is 16.9 Å². The Morgan fingerprint density at radius 1 is 1.05 bits per heavy atom. The number of hydrogen-bond donors (Lipinski definition) is 0. The fraction of sp³-hybridized carbons (Fsp3) is 0.529. The molecule has 0 amide bonds. The maximum absolute atomic E-state index is 9.55. The third-order valence-corrected chi connectivity index (χ3v) is 3.52. The van der Waals surface area contributed by atoms with Crippen LogP contribution in [0.15, 0.2) is 6.07 Å². The predicted octanol–water partition coefficient (Wildman–Crippen LogP) is 4.67. The van der Waals surface area contributed by atoms with Gasteiger partial charge in [0, 0.05) is 5.02 Å². The Bertz CT molecular complexity index is 560. The first-order chi connectivity index (χ1) is 9.40. The molecular weight excluding hydrogens is 268 g/mol. The Labute approximate surface area is 127 Å². The molecular formula is C17H21ClN2. The van der Waals surface area contributed by atoms with Crippen molar-refractivity contribution in [1.29, 1.82) is 10.5 Å².